The Hall–Kier alpha value is -0.970. The van der Waals surface area contributed by atoms with E-state index in [-0.39, 0.29) is 6.04 Å². The smallest absolute Gasteiger partial charge is 0.0325 e. The summed E-state index contributed by atoms with van der Waals surface area (Å²) in [5.41, 5.74) is 7.30. The largest absolute Gasteiger partial charge is 0.324 e. The molecular formula is C12H20N4. The molecule has 2 unspecified atom stereocenters. The maximum Gasteiger partial charge on any atom is 0.0325 e. The Morgan fingerprint density at radius 3 is 3.25 bits per heavy atom. The molecule has 4 heteroatoms. The highest BCUT2D eigenvalue weighted by Gasteiger charge is 2.19. The van der Waals surface area contributed by atoms with E-state index in [2.05, 4.69) is 22.2 Å². The van der Waals surface area contributed by atoms with Crippen LogP contribution in [0.4, 0.5) is 0 Å². The third kappa shape index (κ3) is 3.01. The molecule has 1 aromatic heterocycles. The third-order valence-corrected chi connectivity index (χ3v) is 3.11. The van der Waals surface area contributed by atoms with Gasteiger partial charge in [-0.3, -0.25) is 4.98 Å². The van der Waals surface area contributed by atoms with Crippen molar-refractivity contribution in [1.82, 2.24) is 15.2 Å². The topological polar surface area (TPSA) is 54.2 Å². The van der Waals surface area contributed by atoms with E-state index in [9.17, 15) is 0 Å². The number of pyridine rings is 1. The van der Waals surface area contributed by atoms with Crippen LogP contribution >= 0.6 is 0 Å². The number of piperazine rings is 1. The first-order valence-corrected chi connectivity index (χ1v) is 5.83. The Morgan fingerprint density at radius 2 is 2.56 bits per heavy atom. The number of likely N-dealkylation sites (N-methyl/N-ethyl adjacent to an activating group) is 1. The normalized spacial score (nSPS) is 24.2. The number of nitrogens with two attached hydrogens (primary N) is 1. The van der Waals surface area contributed by atoms with Crippen LogP contribution in [-0.4, -0.2) is 42.6 Å². The first-order chi connectivity index (χ1) is 7.75. The van der Waals surface area contributed by atoms with Crippen LogP contribution in [0.25, 0.3) is 0 Å². The Labute approximate surface area is 96.8 Å². The van der Waals surface area contributed by atoms with Crippen molar-refractivity contribution in [1.29, 1.82) is 0 Å². The van der Waals surface area contributed by atoms with E-state index in [0.29, 0.717) is 6.04 Å². The molecule has 1 aromatic rings. The summed E-state index contributed by atoms with van der Waals surface area (Å²) in [6, 6.07) is 4.56. The van der Waals surface area contributed by atoms with Gasteiger partial charge in [-0.05, 0) is 25.1 Å². The summed E-state index contributed by atoms with van der Waals surface area (Å²) in [6.45, 7) is 3.26. The fourth-order valence-corrected chi connectivity index (χ4v) is 2.19. The van der Waals surface area contributed by atoms with E-state index in [1.165, 1.54) is 0 Å². The fraction of sp³-hybridized carbons (Fsp3) is 0.583. The molecule has 0 bridgehead atoms. The molecule has 88 valence electrons. The third-order valence-electron chi connectivity index (χ3n) is 3.11. The summed E-state index contributed by atoms with van der Waals surface area (Å²) in [5, 5.41) is 3.51. The van der Waals surface area contributed by atoms with Crippen LogP contribution in [0.15, 0.2) is 24.5 Å². The lowest BCUT2D eigenvalue weighted by Crippen LogP contribution is -2.49. The Kier molecular flexibility index (Phi) is 3.88. The van der Waals surface area contributed by atoms with Crippen LogP contribution in [0.1, 0.15) is 18.0 Å². The molecule has 1 aliphatic rings. The second-order valence-electron chi connectivity index (χ2n) is 4.54. The summed E-state index contributed by atoms with van der Waals surface area (Å²) in [7, 11) is 2.16. The summed E-state index contributed by atoms with van der Waals surface area (Å²) >= 11 is 0. The highest BCUT2D eigenvalue weighted by molar-refractivity contribution is 5.13. The molecule has 1 aliphatic heterocycles. The molecule has 0 radical (unpaired) electrons. The van der Waals surface area contributed by atoms with Crippen LogP contribution in [0.2, 0.25) is 0 Å². The number of hydrogen-bond acceptors (Lipinski definition) is 4. The first kappa shape index (κ1) is 11.5. The summed E-state index contributed by atoms with van der Waals surface area (Å²) in [4.78, 5) is 6.45. The van der Waals surface area contributed by atoms with Gasteiger partial charge in [0.25, 0.3) is 0 Å². The maximum absolute atomic E-state index is 6.17. The number of nitrogens with zero attached hydrogens (tertiary/aromatic N) is 2. The summed E-state index contributed by atoms with van der Waals surface area (Å²) in [5.74, 6) is 0. The van der Waals surface area contributed by atoms with Crippen molar-refractivity contribution in [2.45, 2.75) is 18.5 Å². The van der Waals surface area contributed by atoms with Crippen molar-refractivity contribution >= 4 is 0 Å². The lowest BCUT2D eigenvalue weighted by molar-refractivity contribution is 0.225. The van der Waals surface area contributed by atoms with E-state index in [0.717, 1.165) is 31.6 Å². The minimum absolute atomic E-state index is 0.0812. The Balaban J connectivity index is 1.89. The quantitative estimate of drug-likeness (QED) is 0.773. The lowest BCUT2D eigenvalue weighted by atomic mass is 10.0. The van der Waals surface area contributed by atoms with Crippen molar-refractivity contribution in [3.05, 3.63) is 30.1 Å². The van der Waals surface area contributed by atoms with Crippen molar-refractivity contribution in [2.75, 3.05) is 26.7 Å². The summed E-state index contributed by atoms with van der Waals surface area (Å²) < 4.78 is 0. The van der Waals surface area contributed by atoms with E-state index in [4.69, 9.17) is 5.73 Å². The highest BCUT2D eigenvalue weighted by Crippen LogP contribution is 2.15. The standard InChI is InChI=1S/C12H20N4/c1-16-6-5-15-11(9-16)7-12(13)10-3-2-4-14-8-10/h2-4,8,11-12,15H,5-7,9,13H2,1H3. The molecule has 2 rings (SSSR count). The van der Waals surface area contributed by atoms with Crippen LogP contribution in [-0.2, 0) is 0 Å². The Morgan fingerprint density at radius 1 is 1.69 bits per heavy atom. The van der Waals surface area contributed by atoms with Crippen molar-refractivity contribution in [3.8, 4) is 0 Å². The first-order valence-electron chi connectivity index (χ1n) is 5.83. The zero-order valence-corrected chi connectivity index (χ0v) is 9.76. The molecule has 0 spiro atoms. The van der Waals surface area contributed by atoms with Gasteiger partial charge in [0.2, 0.25) is 0 Å². The van der Waals surface area contributed by atoms with Gasteiger partial charge < -0.3 is 16.0 Å². The van der Waals surface area contributed by atoms with Crippen molar-refractivity contribution in [2.24, 2.45) is 5.73 Å². The van der Waals surface area contributed by atoms with E-state index in [1.807, 2.05) is 18.3 Å². The van der Waals surface area contributed by atoms with Gasteiger partial charge in [0, 0.05) is 44.1 Å². The second kappa shape index (κ2) is 5.39. The minimum atomic E-state index is 0.0812. The molecule has 1 fully saturated rings. The maximum atomic E-state index is 6.17. The Bertz CT molecular complexity index is 314. The molecule has 0 aromatic carbocycles. The molecular weight excluding hydrogens is 200 g/mol. The molecule has 1 saturated heterocycles. The number of rotatable bonds is 3. The van der Waals surface area contributed by atoms with Crippen LogP contribution in [0, 0.1) is 0 Å². The molecule has 0 amide bonds. The van der Waals surface area contributed by atoms with Gasteiger partial charge >= 0.3 is 0 Å². The van der Waals surface area contributed by atoms with Gasteiger partial charge in [0.15, 0.2) is 0 Å². The average molecular weight is 220 g/mol. The highest BCUT2D eigenvalue weighted by atomic mass is 15.2. The fourth-order valence-electron chi connectivity index (χ4n) is 2.19. The summed E-state index contributed by atoms with van der Waals surface area (Å²) in [6.07, 6.45) is 4.61. The minimum Gasteiger partial charge on any atom is -0.324 e. The van der Waals surface area contributed by atoms with E-state index >= 15 is 0 Å². The molecule has 2 atom stereocenters. The van der Waals surface area contributed by atoms with Crippen molar-refractivity contribution in [3.63, 3.8) is 0 Å². The molecule has 3 N–H and O–H groups in total. The lowest BCUT2D eigenvalue weighted by Gasteiger charge is -2.32. The van der Waals surface area contributed by atoms with Gasteiger partial charge in [0.1, 0.15) is 0 Å². The van der Waals surface area contributed by atoms with Gasteiger partial charge in [-0.15, -0.1) is 0 Å². The molecule has 0 saturated carbocycles. The molecule has 0 aliphatic carbocycles. The van der Waals surface area contributed by atoms with Gasteiger partial charge in [0.05, 0.1) is 0 Å². The van der Waals surface area contributed by atoms with Gasteiger partial charge in [-0.2, -0.15) is 0 Å². The van der Waals surface area contributed by atoms with Crippen LogP contribution in [0.3, 0.4) is 0 Å². The van der Waals surface area contributed by atoms with E-state index < -0.39 is 0 Å². The number of nitrogens with one attached hydrogen (secondary N) is 1. The predicted molar refractivity (Wildman–Crippen MR) is 65.1 cm³/mol. The monoisotopic (exact) mass is 220 g/mol. The molecule has 4 nitrogen and oxygen atoms in total. The number of aromatic nitrogens is 1. The zero-order chi connectivity index (χ0) is 11.4. The average Bonchev–Trinajstić information content (AvgIpc) is 2.30. The SMILES string of the molecule is CN1CCNC(CC(N)c2cccnc2)C1. The predicted octanol–water partition coefficient (Wildman–Crippen LogP) is 0.375. The zero-order valence-electron chi connectivity index (χ0n) is 9.76. The van der Waals surface area contributed by atoms with Gasteiger partial charge in [-0.1, -0.05) is 6.07 Å². The number of hydrogen-bond donors (Lipinski definition) is 2. The van der Waals surface area contributed by atoms with Crippen LogP contribution in [0.5, 0.6) is 0 Å². The van der Waals surface area contributed by atoms with Crippen LogP contribution < -0.4 is 11.1 Å². The van der Waals surface area contributed by atoms with E-state index in [1.54, 1.807) is 6.20 Å². The second-order valence-corrected chi connectivity index (χ2v) is 4.54. The molecule has 2 heterocycles. The molecule has 16 heavy (non-hydrogen) atoms. The van der Waals surface area contributed by atoms with Gasteiger partial charge in [-0.25, -0.2) is 0 Å². The van der Waals surface area contributed by atoms with Crippen molar-refractivity contribution < 1.29 is 0 Å².